The molecule has 4 heterocycles. The van der Waals surface area contributed by atoms with Crippen LogP contribution in [0.2, 0.25) is 0 Å². The maximum absolute atomic E-state index is 12.3. The highest BCUT2D eigenvalue weighted by Crippen LogP contribution is 2.34. The van der Waals surface area contributed by atoms with Gasteiger partial charge in [-0.2, -0.15) is 0 Å². The summed E-state index contributed by atoms with van der Waals surface area (Å²) in [7, 11) is 0. The van der Waals surface area contributed by atoms with Crippen molar-refractivity contribution >= 4 is 45.6 Å². The van der Waals surface area contributed by atoms with Crippen molar-refractivity contribution in [3.05, 3.63) is 54.2 Å². The summed E-state index contributed by atoms with van der Waals surface area (Å²) in [6.45, 7) is 11.2. The van der Waals surface area contributed by atoms with Gasteiger partial charge in [0, 0.05) is 50.4 Å². The summed E-state index contributed by atoms with van der Waals surface area (Å²) in [5.74, 6) is 2.74. The summed E-state index contributed by atoms with van der Waals surface area (Å²) in [4.78, 5) is 31.6. The molecule has 2 amide bonds. The van der Waals surface area contributed by atoms with Gasteiger partial charge in [0.2, 0.25) is 0 Å². The molecule has 1 aliphatic heterocycles. The van der Waals surface area contributed by atoms with Crippen LogP contribution in [0.5, 0.6) is 0 Å². The summed E-state index contributed by atoms with van der Waals surface area (Å²) in [5.41, 5.74) is 2.60. The van der Waals surface area contributed by atoms with Crippen molar-refractivity contribution in [3.8, 4) is 10.4 Å². The number of likely N-dealkylation sites (N-methyl/N-ethyl adjacent to an activating group) is 1. The number of rotatable bonds is 8. The Labute approximate surface area is 225 Å². The number of carbonyl (C=O) groups is 1. The zero-order valence-corrected chi connectivity index (χ0v) is 22.5. The van der Waals surface area contributed by atoms with Gasteiger partial charge < -0.3 is 25.0 Å². The molecular formula is C26H31N9O2S. The second-order valence-electron chi connectivity index (χ2n) is 8.93. The number of piperazine rings is 1. The number of thiazole rings is 1. The van der Waals surface area contributed by atoms with Gasteiger partial charge >= 0.3 is 6.03 Å². The molecule has 0 saturated carbocycles. The van der Waals surface area contributed by atoms with Crippen LogP contribution in [0.3, 0.4) is 0 Å². The van der Waals surface area contributed by atoms with Crippen molar-refractivity contribution in [3.63, 3.8) is 0 Å². The average Bonchev–Trinajstić information content (AvgIpc) is 3.55. The van der Waals surface area contributed by atoms with Gasteiger partial charge in [-0.15, -0.1) is 0 Å². The lowest BCUT2D eigenvalue weighted by Crippen LogP contribution is -2.46. The van der Waals surface area contributed by atoms with Gasteiger partial charge in [0.15, 0.2) is 10.9 Å². The van der Waals surface area contributed by atoms with E-state index in [1.807, 2.05) is 44.2 Å². The molecule has 4 aromatic rings. The monoisotopic (exact) mass is 533 g/mol. The van der Waals surface area contributed by atoms with Crippen LogP contribution in [-0.2, 0) is 6.42 Å². The van der Waals surface area contributed by atoms with E-state index in [1.165, 1.54) is 0 Å². The van der Waals surface area contributed by atoms with Crippen molar-refractivity contribution in [2.24, 2.45) is 0 Å². The van der Waals surface area contributed by atoms with Crippen molar-refractivity contribution in [1.29, 1.82) is 0 Å². The average molecular weight is 534 g/mol. The van der Waals surface area contributed by atoms with Gasteiger partial charge in [-0.1, -0.05) is 42.5 Å². The van der Waals surface area contributed by atoms with Gasteiger partial charge in [-0.25, -0.2) is 19.7 Å². The number of aromatic nitrogens is 4. The number of benzene rings is 1. The fraction of sp³-hybridized carbons (Fsp3) is 0.346. The molecule has 1 aliphatic rings. The van der Waals surface area contributed by atoms with E-state index in [-0.39, 0.29) is 6.03 Å². The molecule has 0 bridgehead atoms. The van der Waals surface area contributed by atoms with Crippen LogP contribution in [0, 0.1) is 6.92 Å². The van der Waals surface area contributed by atoms with E-state index in [2.05, 4.69) is 47.8 Å². The van der Waals surface area contributed by atoms with E-state index in [0.29, 0.717) is 23.7 Å². The van der Waals surface area contributed by atoms with Gasteiger partial charge in [0.1, 0.15) is 23.7 Å². The number of carbonyl (C=O) groups excluding carboxylic acids is 1. The van der Waals surface area contributed by atoms with Crippen LogP contribution >= 0.6 is 11.3 Å². The van der Waals surface area contributed by atoms with E-state index in [4.69, 9.17) is 9.51 Å². The van der Waals surface area contributed by atoms with Gasteiger partial charge in [-0.05, 0) is 31.2 Å². The Morgan fingerprint density at radius 1 is 1.03 bits per heavy atom. The molecule has 198 valence electrons. The van der Waals surface area contributed by atoms with Crippen molar-refractivity contribution in [1.82, 2.24) is 25.0 Å². The zero-order chi connectivity index (χ0) is 26.5. The first-order valence-corrected chi connectivity index (χ1v) is 13.5. The minimum absolute atomic E-state index is 0.381. The third-order valence-electron chi connectivity index (χ3n) is 6.38. The van der Waals surface area contributed by atoms with Crippen molar-refractivity contribution < 1.29 is 9.32 Å². The third-order valence-corrected chi connectivity index (χ3v) is 7.50. The lowest BCUT2D eigenvalue weighted by molar-refractivity contribution is 0.262. The first-order valence-electron chi connectivity index (χ1n) is 12.7. The van der Waals surface area contributed by atoms with Crippen molar-refractivity contribution in [2.75, 3.05) is 53.6 Å². The predicted molar refractivity (Wildman–Crippen MR) is 150 cm³/mol. The minimum atomic E-state index is -0.384. The van der Waals surface area contributed by atoms with E-state index < -0.39 is 0 Å². The minimum Gasteiger partial charge on any atom is -0.359 e. The van der Waals surface area contributed by atoms with Crippen molar-refractivity contribution in [2.45, 2.75) is 27.2 Å². The maximum atomic E-state index is 12.3. The molecule has 5 rings (SSSR count). The molecule has 0 radical (unpaired) electrons. The predicted octanol–water partition coefficient (Wildman–Crippen LogP) is 4.99. The van der Waals surface area contributed by atoms with Crippen LogP contribution in [0.4, 0.5) is 33.1 Å². The normalized spacial score (nSPS) is 13.9. The summed E-state index contributed by atoms with van der Waals surface area (Å²) in [5, 5.41) is 13.4. The Hall–Kier alpha value is -4.03. The summed E-state index contributed by atoms with van der Waals surface area (Å²) < 4.78 is 5.11. The molecule has 1 fully saturated rings. The topological polar surface area (TPSA) is 124 Å². The summed E-state index contributed by atoms with van der Waals surface area (Å²) >= 11 is 1.56. The molecule has 3 N–H and O–H groups in total. The second kappa shape index (κ2) is 11.6. The van der Waals surface area contributed by atoms with Crippen LogP contribution in [0.1, 0.15) is 25.3 Å². The Kier molecular flexibility index (Phi) is 7.80. The van der Waals surface area contributed by atoms with E-state index in [9.17, 15) is 4.79 Å². The van der Waals surface area contributed by atoms with Crippen LogP contribution < -0.4 is 20.9 Å². The molecule has 0 unspecified atom stereocenters. The standard InChI is InChI=1S/C26H31N9O2S/c1-4-20-14-22(33-37-20)31-25(36)30-19-8-6-18(7-9-19)24-17(3)29-26(38-24)32-21-15-23(28-16-27-21)35-12-10-34(5-2)11-13-35/h6-9,14-16H,4-5,10-13H2,1-3H3,(H,27,28,29,32)(H2,30,31,33,36). The van der Waals surface area contributed by atoms with Crippen LogP contribution in [0.15, 0.2) is 47.2 Å². The van der Waals surface area contributed by atoms with Crippen LogP contribution in [0.25, 0.3) is 10.4 Å². The Bertz CT molecular complexity index is 1380. The van der Waals surface area contributed by atoms with Gasteiger partial charge in [-0.3, -0.25) is 5.32 Å². The largest absolute Gasteiger partial charge is 0.359 e. The number of aryl methyl sites for hydroxylation is 2. The van der Waals surface area contributed by atoms with Crippen LogP contribution in [-0.4, -0.2) is 63.8 Å². The quantitative estimate of drug-likeness (QED) is 0.287. The number of anilines is 5. The highest BCUT2D eigenvalue weighted by Gasteiger charge is 2.18. The smallest absolute Gasteiger partial charge is 0.324 e. The second-order valence-corrected chi connectivity index (χ2v) is 9.93. The van der Waals surface area contributed by atoms with Gasteiger partial charge in [0.05, 0.1) is 10.6 Å². The lowest BCUT2D eigenvalue weighted by atomic mass is 10.1. The number of hydrogen-bond donors (Lipinski definition) is 3. The first kappa shape index (κ1) is 25.6. The van der Waals surface area contributed by atoms with E-state index in [1.54, 1.807) is 23.7 Å². The molecule has 12 heteroatoms. The van der Waals surface area contributed by atoms with Gasteiger partial charge in [0.25, 0.3) is 0 Å². The molecule has 3 aromatic heterocycles. The molecule has 0 spiro atoms. The highest BCUT2D eigenvalue weighted by atomic mass is 32.1. The number of nitrogens with zero attached hydrogens (tertiary/aromatic N) is 6. The fourth-order valence-electron chi connectivity index (χ4n) is 4.23. The molecule has 38 heavy (non-hydrogen) atoms. The number of urea groups is 1. The summed E-state index contributed by atoms with van der Waals surface area (Å²) in [6, 6.07) is 10.9. The maximum Gasteiger partial charge on any atom is 0.324 e. The Balaban J connectivity index is 1.21. The fourth-order valence-corrected chi connectivity index (χ4v) is 5.21. The summed E-state index contributed by atoms with van der Waals surface area (Å²) in [6.07, 6.45) is 2.31. The zero-order valence-electron chi connectivity index (χ0n) is 21.7. The molecule has 11 nitrogen and oxygen atoms in total. The number of amides is 2. The molecule has 0 atom stereocenters. The number of nitrogens with one attached hydrogen (secondary N) is 3. The Morgan fingerprint density at radius 2 is 1.82 bits per heavy atom. The highest BCUT2D eigenvalue weighted by molar-refractivity contribution is 7.19. The molecule has 0 aliphatic carbocycles. The lowest BCUT2D eigenvalue weighted by Gasteiger charge is -2.34. The SMILES string of the molecule is CCc1cc(NC(=O)Nc2ccc(-c3sc(Nc4cc(N5CCN(CC)CC5)ncn4)nc3C)cc2)no1. The third kappa shape index (κ3) is 6.09. The van der Waals surface area contributed by atoms with E-state index in [0.717, 1.165) is 65.6 Å². The molecule has 1 saturated heterocycles. The molecular weight excluding hydrogens is 502 g/mol. The first-order chi connectivity index (χ1) is 18.5. The Morgan fingerprint density at radius 3 is 2.53 bits per heavy atom. The number of hydrogen-bond acceptors (Lipinski definition) is 10. The molecule has 1 aromatic carbocycles. The van der Waals surface area contributed by atoms with E-state index >= 15 is 0 Å².